The molecule has 22 heavy (non-hydrogen) atoms. The van der Waals surface area contributed by atoms with Gasteiger partial charge in [0.25, 0.3) is 5.91 Å². The van der Waals surface area contributed by atoms with Crippen molar-refractivity contribution in [3.8, 4) is 0 Å². The Morgan fingerprint density at radius 1 is 1.36 bits per heavy atom. The molecule has 124 valence electrons. The lowest BCUT2D eigenvalue weighted by Gasteiger charge is -2.17. The Labute approximate surface area is 133 Å². The van der Waals surface area contributed by atoms with E-state index in [4.69, 9.17) is 10.2 Å². The molecule has 1 aliphatic rings. The van der Waals surface area contributed by atoms with Gasteiger partial charge in [0.15, 0.2) is 5.76 Å². The SMILES string of the molecule is CCc1oc(C(=O)N[C@@H]2CC[C@@H](N)C2)cc1CN(CC)CC. The summed E-state index contributed by atoms with van der Waals surface area (Å²) < 4.78 is 5.78. The second-order valence-corrected chi connectivity index (χ2v) is 6.12. The smallest absolute Gasteiger partial charge is 0.287 e. The fourth-order valence-corrected chi connectivity index (χ4v) is 3.10. The van der Waals surface area contributed by atoms with Gasteiger partial charge in [0.05, 0.1) is 0 Å². The number of rotatable bonds is 7. The van der Waals surface area contributed by atoms with E-state index >= 15 is 0 Å². The molecule has 1 aromatic rings. The van der Waals surface area contributed by atoms with Gasteiger partial charge in [0, 0.05) is 30.6 Å². The summed E-state index contributed by atoms with van der Waals surface area (Å²) >= 11 is 0. The van der Waals surface area contributed by atoms with E-state index in [0.717, 1.165) is 56.6 Å². The number of carbonyl (C=O) groups is 1. The van der Waals surface area contributed by atoms with Crippen molar-refractivity contribution in [3.05, 3.63) is 23.2 Å². The highest BCUT2D eigenvalue weighted by atomic mass is 16.4. The molecule has 3 N–H and O–H groups in total. The van der Waals surface area contributed by atoms with E-state index in [-0.39, 0.29) is 18.0 Å². The third-order valence-corrected chi connectivity index (χ3v) is 4.54. The molecule has 1 aromatic heterocycles. The predicted octanol–water partition coefficient (Wildman–Crippen LogP) is 2.29. The third-order valence-electron chi connectivity index (χ3n) is 4.54. The molecular weight excluding hydrogens is 278 g/mol. The average molecular weight is 307 g/mol. The van der Waals surface area contributed by atoms with Crippen LogP contribution in [0.1, 0.15) is 61.9 Å². The highest BCUT2D eigenvalue weighted by Gasteiger charge is 2.25. The number of carbonyl (C=O) groups excluding carboxylic acids is 1. The molecule has 0 bridgehead atoms. The van der Waals surface area contributed by atoms with Gasteiger partial charge in [-0.15, -0.1) is 0 Å². The molecule has 0 saturated heterocycles. The minimum absolute atomic E-state index is 0.111. The molecule has 0 radical (unpaired) electrons. The van der Waals surface area contributed by atoms with Gasteiger partial charge in [0.1, 0.15) is 5.76 Å². The Bertz CT molecular complexity index is 494. The number of nitrogens with one attached hydrogen (secondary N) is 1. The summed E-state index contributed by atoms with van der Waals surface area (Å²) in [6, 6.07) is 2.30. The standard InChI is InChI=1S/C17H29N3O2/c1-4-15-12(11-20(5-2)6-3)9-16(22-15)17(21)19-14-8-7-13(18)10-14/h9,13-14H,4-8,10-11,18H2,1-3H3,(H,19,21)/t13-,14-/m1/s1. The van der Waals surface area contributed by atoms with Crippen LogP contribution in [0.25, 0.3) is 0 Å². The van der Waals surface area contributed by atoms with E-state index in [9.17, 15) is 4.79 Å². The summed E-state index contributed by atoms with van der Waals surface area (Å²) in [5, 5.41) is 3.05. The van der Waals surface area contributed by atoms with Crippen LogP contribution < -0.4 is 11.1 Å². The number of aryl methyl sites for hydroxylation is 1. The molecule has 5 heteroatoms. The number of nitrogens with two attached hydrogens (primary N) is 1. The molecule has 1 heterocycles. The van der Waals surface area contributed by atoms with E-state index < -0.39 is 0 Å². The van der Waals surface area contributed by atoms with Crippen LogP contribution in [0.4, 0.5) is 0 Å². The molecule has 0 spiro atoms. The number of amides is 1. The first-order valence-corrected chi connectivity index (χ1v) is 8.47. The zero-order chi connectivity index (χ0) is 16.1. The number of furan rings is 1. The molecule has 2 atom stereocenters. The largest absolute Gasteiger partial charge is 0.456 e. The summed E-state index contributed by atoms with van der Waals surface area (Å²) in [6.45, 7) is 9.17. The van der Waals surface area contributed by atoms with Crippen LogP contribution in [0.15, 0.2) is 10.5 Å². The third kappa shape index (κ3) is 4.11. The van der Waals surface area contributed by atoms with E-state index in [1.54, 1.807) is 0 Å². The van der Waals surface area contributed by atoms with Crippen LogP contribution >= 0.6 is 0 Å². The lowest BCUT2D eigenvalue weighted by atomic mass is 10.2. The van der Waals surface area contributed by atoms with Gasteiger partial charge in [0.2, 0.25) is 0 Å². The quantitative estimate of drug-likeness (QED) is 0.811. The molecular formula is C17H29N3O2. The van der Waals surface area contributed by atoms with Gasteiger partial charge in [-0.3, -0.25) is 9.69 Å². The molecule has 1 amide bonds. The van der Waals surface area contributed by atoms with Crippen LogP contribution in [0, 0.1) is 0 Å². The molecule has 0 aliphatic heterocycles. The molecule has 0 aromatic carbocycles. The summed E-state index contributed by atoms with van der Waals surface area (Å²) in [5.41, 5.74) is 7.02. The van der Waals surface area contributed by atoms with Crippen LogP contribution in [0.2, 0.25) is 0 Å². The van der Waals surface area contributed by atoms with Gasteiger partial charge < -0.3 is 15.5 Å². The van der Waals surface area contributed by atoms with E-state index in [1.807, 2.05) is 6.07 Å². The normalized spacial score (nSPS) is 21.5. The van der Waals surface area contributed by atoms with Crippen molar-refractivity contribution >= 4 is 5.91 Å². The number of hydrogen-bond donors (Lipinski definition) is 2. The number of hydrogen-bond acceptors (Lipinski definition) is 4. The monoisotopic (exact) mass is 307 g/mol. The molecule has 0 unspecified atom stereocenters. The second-order valence-electron chi connectivity index (χ2n) is 6.12. The van der Waals surface area contributed by atoms with Crippen molar-refractivity contribution in [2.24, 2.45) is 5.73 Å². The van der Waals surface area contributed by atoms with Gasteiger partial charge in [-0.25, -0.2) is 0 Å². The van der Waals surface area contributed by atoms with Crippen molar-refractivity contribution in [1.29, 1.82) is 0 Å². The molecule has 2 rings (SSSR count). The number of nitrogens with zero attached hydrogens (tertiary/aromatic N) is 1. The average Bonchev–Trinajstić information content (AvgIpc) is 3.10. The Morgan fingerprint density at radius 3 is 2.64 bits per heavy atom. The fourth-order valence-electron chi connectivity index (χ4n) is 3.10. The molecule has 5 nitrogen and oxygen atoms in total. The summed E-state index contributed by atoms with van der Waals surface area (Å²) in [6.07, 6.45) is 3.61. The van der Waals surface area contributed by atoms with E-state index in [0.29, 0.717) is 5.76 Å². The topological polar surface area (TPSA) is 71.5 Å². The minimum atomic E-state index is -0.111. The van der Waals surface area contributed by atoms with E-state index in [2.05, 4.69) is 31.0 Å². The molecule has 1 fully saturated rings. The second kappa shape index (κ2) is 7.79. The van der Waals surface area contributed by atoms with Crippen LogP contribution in [-0.2, 0) is 13.0 Å². The maximum atomic E-state index is 12.4. The van der Waals surface area contributed by atoms with Crippen molar-refractivity contribution in [1.82, 2.24) is 10.2 Å². The Kier molecular flexibility index (Phi) is 6.03. The Hall–Kier alpha value is -1.33. The maximum Gasteiger partial charge on any atom is 0.287 e. The minimum Gasteiger partial charge on any atom is -0.456 e. The maximum absolute atomic E-state index is 12.4. The van der Waals surface area contributed by atoms with Crippen molar-refractivity contribution in [2.45, 2.75) is 65.1 Å². The highest BCUT2D eigenvalue weighted by Crippen LogP contribution is 2.21. The predicted molar refractivity (Wildman–Crippen MR) is 87.8 cm³/mol. The zero-order valence-corrected chi connectivity index (χ0v) is 14.0. The van der Waals surface area contributed by atoms with Gasteiger partial charge in [-0.1, -0.05) is 20.8 Å². The Morgan fingerprint density at radius 2 is 2.09 bits per heavy atom. The lowest BCUT2D eigenvalue weighted by molar-refractivity contribution is 0.0908. The molecule has 1 aliphatic carbocycles. The van der Waals surface area contributed by atoms with Crippen LogP contribution in [-0.4, -0.2) is 36.0 Å². The van der Waals surface area contributed by atoms with E-state index in [1.165, 1.54) is 0 Å². The summed E-state index contributed by atoms with van der Waals surface area (Å²) in [7, 11) is 0. The lowest BCUT2D eigenvalue weighted by Crippen LogP contribution is -2.33. The van der Waals surface area contributed by atoms with Crippen molar-refractivity contribution < 1.29 is 9.21 Å². The zero-order valence-electron chi connectivity index (χ0n) is 14.0. The van der Waals surface area contributed by atoms with Crippen molar-refractivity contribution in [2.75, 3.05) is 13.1 Å². The van der Waals surface area contributed by atoms with Crippen LogP contribution in [0.3, 0.4) is 0 Å². The van der Waals surface area contributed by atoms with Gasteiger partial charge in [-0.05, 0) is 38.4 Å². The highest BCUT2D eigenvalue weighted by molar-refractivity contribution is 5.92. The molecule has 1 saturated carbocycles. The van der Waals surface area contributed by atoms with Gasteiger partial charge in [-0.2, -0.15) is 0 Å². The fraction of sp³-hybridized carbons (Fsp3) is 0.706. The van der Waals surface area contributed by atoms with Gasteiger partial charge >= 0.3 is 0 Å². The summed E-state index contributed by atoms with van der Waals surface area (Å²) in [5.74, 6) is 1.24. The van der Waals surface area contributed by atoms with Crippen molar-refractivity contribution in [3.63, 3.8) is 0 Å². The first kappa shape index (κ1) is 17.0. The first-order chi connectivity index (χ1) is 10.6. The Balaban J connectivity index is 2.04. The first-order valence-electron chi connectivity index (χ1n) is 8.47. The summed E-state index contributed by atoms with van der Waals surface area (Å²) in [4.78, 5) is 14.7. The van der Waals surface area contributed by atoms with Crippen LogP contribution in [0.5, 0.6) is 0 Å².